The Morgan fingerprint density at radius 3 is 2.60 bits per heavy atom. The first-order valence-corrected chi connectivity index (χ1v) is 6.14. The summed E-state index contributed by atoms with van der Waals surface area (Å²) in [6.07, 6.45) is -0.160. The van der Waals surface area contributed by atoms with Gasteiger partial charge in [-0.25, -0.2) is 8.42 Å². The van der Waals surface area contributed by atoms with Crippen molar-refractivity contribution in [3.8, 4) is 0 Å². The summed E-state index contributed by atoms with van der Waals surface area (Å²) >= 11 is 0. The van der Waals surface area contributed by atoms with E-state index in [0.717, 1.165) is 0 Å². The lowest BCUT2D eigenvalue weighted by Gasteiger charge is -2.03. The van der Waals surface area contributed by atoms with Crippen LogP contribution in [-0.2, 0) is 21.1 Å². The number of rotatable bonds is 4. The normalized spacial score (nSPS) is 11.3. The van der Waals surface area contributed by atoms with Crippen molar-refractivity contribution < 1.29 is 18.3 Å². The van der Waals surface area contributed by atoms with Gasteiger partial charge in [0.1, 0.15) is 0 Å². The van der Waals surface area contributed by atoms with E-state index in [1.54, 1.807) is 19.1 Å². The third-order valence-electron chi connectivity index (χ3n) is 1.99. The molecule has 0 heterocycles. The van der Waals surface area contributed by atoms with Crippen LogP contribution >= 0.6 is 0 Å². The lowest BCUT2D eigenvalue weighted by Crippen LogP contribution is -2.05. The van der Waals surface area contributed by atoms with Crippen molar-refractivity contribution in [2.24, 2.45) is 0 Å². The lowest BCUT2D eigenvalue weighted by molar-refractivity contribution is -0.136. The SMILES string of the molecule is CCS(=O)(=O)c1cccc(CC(=O)O)c1. The van der Waals surface area contributed by atoms with Gasteiger partial charge in [0, 0.05) is 0 Å². The molecule has 1 aromatic carbocycles. The van der Waals surface area contributed by atoms with Crippen LogP contribution in [0.4, 0.5) is 0 Å². The highest BCUT2D eigenvalue weighted by Crippen LogP contribution is 2.13. The van der Waals surface area contributed by atoms with E-state index in [9.17, 15) is 13.2 Å². The molecule has 82 valence electrons. The van der Waals surface area contributed by atoms with E-state index in [4.69, 9.17) is 5.11 Å². The van der Waals surface area contributed by atoms with Crippen molar-refractivity contribution >= 4 is 15.8 Å². The van der Waals surface area contributed by atoms with Gasteiger partial charge < -0.3 is 5.11 Å². The summed E-state index contributed by atoms with van der Waals surface area (Å²) in [5.41, 5.74) is 0.497. The summed E-state index contributed by atoms with van der Waals surface area (Å²) in [5, 5.41) is 8.57. The Balaban J connectivity index is 3.08. The fourth-order valence-corrected chi connectivity index (χ4v) is 2.14. The first-order chi connectivity index (χ1) is 6.95. The summed E-state index contributed by atoms with van der Waals surface area (Å²) in [6.45, 7) is 1.55. The Morgan fingerprint density at radius 1 is 1.40 bits per heavy atom. The lowest BCUT2D eigenvalue weighted by atomic mass is 10.2. The van der Waals surface area contributed by atoms with Crippen LogP contribution in [0.5, 0.6) is 0 Å². The van der Waals surface area contributed by atoms with Gasteiger partial charge in [-0.15, -0.1) is 0 Å². The van der Waals surface area contributed by atoms with Crippen molar-refractivity contribution in [2.75, 3.05) is 5.75 Å². The number of aliphatic carboxylic acids is 1. The molecule has 1 aromatic rings. The highest BCUT2D eigenvalue weighted by atomic mass is 32.2. The predicted octanol–water partition coefficient (Wildman–Crippen LogP) is 1.11. The Hall–Kier alpha value is -1.36. The summed E-state index contributed by atoms with van der Waals surface area (Å²) in [6, 6.07) is 6.04. The maximum absolute atomic E-state index is 11.5. The molecule has 5 heteroatoms. The molecule has 1 rings (SSSR count). The molecule has 0 aliphatic heterocycles. The number of benzene rings is 1. The van der Waals surface area contributed by atoms with Gasteiger partial charge in [0.25, 0.3) is 0 Å². The molecule has 0 fully saturated rings. The highest BCUT2D eigenvalue weighted by molar-refractivity contribution is 7.91. The van der Waals surface area contributed by atoms with Gasteiger partial charge in [-0.05, 0) is 17.7 Å². The largest absolute Gasteiger partial charge is 0.481 e. The van der Waals surface area contributed by atoms with Crippen LogP contribution in [0.1, 0.15) is 12.5 Å². The second kappa shape index (κ2) is 4.44. The minimum atomic E-state index is -3.25. The van der Waals surface area contributed by atoms with Gasteiger partial charge in [0.05, 0.1) is 17.1 Å². The van der Waals surface area contributed by atoms with Crippen LogP contribution in [0.2, 0.25) is 0 Å². The molecular formula is C10H12O4S. The van der Waals surface area contributed by atoms with E-state index in [2.05, 4.69) is 0 Å². The van der Waals surface area contributed by atoms with Crippen LogP contribution in [-0.4, -0.2) is 25.2 Å². The number of hydrogen-bond acceptors (Lipinski definition) is 3. The van der Waals surface area contributed by atoms with Crippen LogP contribution < -0.4 is 0 Å². The van der Waals surface area contributed by atoms with E-state index in [-0.39, 0.29) is 17.1 Å². The molecule has 4 nitrogen and oxygen atoms in total. The molecular weight excluding hydrogens is 216 g/mol. The van der Waals surface area contributed by atoms with Crippen LogP contribution in [0.15, 0.2) is 29.2 Å². The second-order valence-electron chi connectivity index (χ2n) is 3.12. The molecule has 0 bridgehead atoms. The quantitative estimate of drug-likeness (QED) is 0.837. The zero-order valence-corrected chi connectivity index (χ0v) is 9.12. The zero-order chi connectivity index (χ0) is 11.5. The molecule has 0 unspecified atom stereocenters. The van der Waals surface area contributed by atoms with Gasteiger partial charge >= 0.3 is 5.97 Å². The first kappa shape index (κ1) is 11.7. The smallest absolute Gasteiger partial charge is 0.307 e. The molecule has 0 spiro atoms. The van der Waals surface area contributed by atoms with Crippen molar-refractivity contribution in [2.45, 2.75) is 18.2 Å². The van der Waals surface area contributed by atoms with Crippen molar-refractivity contribution in [1.82, 2.24) is 0 Å². The monoisotopic (exact) mass is 228 g/mol. The van der Waals surface area contributed by atoms with Crippen LogP contribution in [0, 0.1) is 0 Å². The molecule has 0 aromatic heterocycles. The van der Waals surface area contributed by atoms with Gasteiger partial charge in [-0.3, -0.25) is 4.79 Å². The maximum atomic E-state index is 11.5. The Labute approximate surface area is 88.5 Å². The molecule has 0 radical (unpaired) electrons. The fraction of sp³-hybridized carbons (Fsp3) is 0.300. The molecule has 0 atom stereocenters. The van der Waals surface area contributed by atoms with Gasteiger partial charge in [-0.1, -0.05) is 19.1 Å². The predicted molar refractivity (Wildman–Crippen MR) is 55.5 cm³/mol. The standard InChI is InChI=1S/C10H12O4S/c1-2-15(13,14)9-5-3-4-8(6-9)7-10(11)12/h3-6H,2,7H2,1H3,(H,11,12). The van der Waals surface area contributed by atoms with Crippen molar-refractivity contribution in [3.05, 3.63) is 29.8 Å². The number of carboxylic acid groups (broad SMARTS) is 1. The second-order valence-corrected chi connectivity index (χ2v) is 5.40. The molecule has 15 heavy (non-hydrogen) atoms. The zero-order valence-electron chi connectivity index (χ0n) is 8.30. The van der Waals surface area contributed by atoms with E-state index in [1.165, 1.54) is 12.1 Å². The number of carbonyl (C=O) groups is 1. The maximum Gasteiger partial charge on any atom is 0.307 e. The summed E-state index contributed by atoms with van der Waals surface area (Å²) in [7, 11) is -3.25. The minimum absolute atomic E-state index is 0.0174. The number of hydrogen-bond donors (Lipinski definition) is 1. The number of sulfone groups is 1. The van der Waals surface area contributed by atoms with Gasteiger partial charge in [-0.2, -0.15) is 0 Å². The molecule has 0 saturated carbocycles. The third kappa shape index (κ3) is 3.06. The molecule has 1 N–H and O–H groups in total. The van der Waals surface area contributed by atoms with E-state index in [0.29, 0.717) is 5.56 Å². The van der Waals surface area contributed by atoms with Crippen molar-refractivity contribution in [1.29, 1.82) is 0 Å². The summed E-state index contributed by atoms with van der Waals surface area (Å²) < 4.78 is 23.0. The van der Waals surface area contributed by atoms with Crippen LogP contribution in [0.25, 0.3) is 0 Å². The average molecular weight is 228 g/mol. The van der Waals surface area contributed by atoms with Crippen molar-refractivity contribution in [3.63, 3.8) is 0 Å². The third-order valence-corrected chi connectivity index (χ3v) is 3.73. The molecule has 0 saturated heterocycles. The molecule has 0 amide bonds. The van der Waals surface area contributed by atoms with Crippen LogP contribution in [0.3, 0.4) is 0 Å². The fourth-order valence-electron chi connectivity index (χ4n) is 1.19. The van der Waals surface area contributed by atoms with E-state index >= 15 is 0 Å². The Morgan fingerprint density at radius 2 is 2.07 bits per heavy atom. The minimum Gasteiger partial charge on any atom is -0.481 e. The van der Waals surface area contributed by atoms with E-state index < -0.39 is 15.8 Å². The highest BCUT2D eigenvalue weighted by Gasteiger charge is 2.12. The topological polar surface area (TPSA) is 71.4 Å². The Bertz CT molecular complexity index is 462. The molecule has 0 aliphatic rings. The van der Waals surface area contributed by atoms with E-state index in [1.807, 2.05) is 0 Å². The first-order valence-electron chi connectivity index (χ1n) is 4.49. The van der Waals surface area contributed by atoms with Gasteiger partial charge in [0.2, 0.25) is 0 Å². The summed E-state index contributed by atoms with van der Waals surface area (Å²) in [5.74, 6) is -0.954. The molecule has 0 aliphatic carbocycles. The Kier molecular flexibility index (Phi) is 3.47. The van der Waals surface area contributed by atoms with Gasteiger partial charge in [0.15, 0.2) is 9.84 Å². The average Bonchev–Trinajstić information content (AvgIpc) is 2.17. The number of carboxylic acids is 1. The summed E-state index contributed by atoms with van der Waals surface area (Å²) in [4.78, 5) is 10.6.